The summed E-state index contributed by atoms with van der Waals surface area (Å²) in [6.45, 7) is 5.83. The summed E-state index contributed by atoms with van der Waals surface area (Å²) >= 11 is 0. The third kappa shape index (κ3) is 5.22. The topological polar surface area (TPSA) is 47.7 Å². The van der Waals surface area contributed by atoms with Crippen molar-refractivity contribution in [2.45, 2.75) is 6.42 Å². The molecular formula is C16H22N2O2. The zero-order valence-electron chi connectivity index (χ0n) is 11.8. The molecule has 0 radical (unpaired) electrons. The van der Waals surface area contributed by atoms with Crippen molar-refractivity contribution in [3.8, 4) is 17.6 Å². The van der Waals surface area contributed by atoms with Gasteiger partial charge in [0, 0.05) is 31.8 Å². The van der Waals surface area contributed by atoms with Crippen LogP contribution in [0.3, 0.4) is 0 Å². The lowest BCUT2D eigenvalue weighted by atomic mass is 10.2. The molecule has 0 aliphatic carbocycles. The van der Waals surface area contributed by atoms with Crippen molar-refractivity contribution in [2.24, 2.45) is 5.73 Å². The standard InChI is InChI=1S/C16H22N2O2/c17-8-1-3-15-4-6-16(7-5-15)20-14-11-18-9-2-12-19-13-10-18/h4-7H,2,8-14,17H2. The van der Waals surface area contributed by atoms with E-state index in [-0.39, 0.29) is 0 Å². The van der Waals surface area contributed by atoms with Gasteiger partial charge in [0.1, 0.15) is 12.4 Å². The van der Waals surface area contributed by atoms with Crippen LogP contribution in [0.25, 0.3) is 0 Å². The van der Waals surface area contributed by atoms with Gasteiger partial charge in [-0.15, -0.1) is 0 Å². The zero-order valence-corrected chi connectivity index (χ0v) is 11.8. The molecule has 0 saturated carbocycles. The van der Waals surface area contributed by atoms with Crippen LogP contribution in [0, 0.1) is 11.8 Å². The van der Waals surface area contributed by atoms with E-state index in [1.54, 1.807) is 0 Å². The molecule has 2 N–H and O–H groups in total. The summed E-state index contributed by atoms with van der Waals surface area (Å²) in [5.41, 5.74) is 6.31. The van der Waals surface area contributed by atoms with Gasteiger partial charge in [-0.1, -0.05) is 11.8 Å². The Bertz CT molecular complexity index is 440. The fourth-order valence-corrected chi connectivity index (χ4v) is 2.10. The third-order valence-corrected chi connectivity index (χ3v) is 3.18. The lowest BCUT2D eigenvalue weighted by Gasteiger charge is -2.18. The van der Waals surface area contributed by atoms with Crippen molar-refractivity contribution >= 4 is 0 Å². The molecule has 4 nitrogen and oxygen atoms in total. The fourth-order valence-electron chi connectivity index (χ4n) is 2.10. The van der Waals surface area contributed by atoms with E-state index < -0.39 is 0 Å². The average Bonchev–Trinajstić information content (AvgIpc) is 2.75. The summed E-state index contributed by atoms with van der Waals surface area (Å²) < 4.78 is 11.2. The fraction of sp³-hybridized carbons (Fsp3) is 0.500. The largest absolute Gasteiger partial charge is 0.492 e. The van der Waals surface area contributed by atoms with Crippen LogP contribution in [-0.2, 0) is 4.74 Å². The van der Waals surface area contributed by atoms with Gasteiger partial charge in [0.15, 0.2) is 0 Å². The van der Waals surface area contributed by atoms with E-state index in [4.69, 9.17) is 15.2 Å². The van der Waals surface area contributed by atoms with E-state index in [9.17, 15) is 0 Å². The van der Waals surface area contributed by atoms with Gasteiger partial charge in [0.05, 0.1) is 13.2 Å². The van der Waals surface area contributed by atoms with Crippen molar-refractivity contribution in [1.82, 2.24) is 4.90 Å². The average molecular weight is 274 g/mol. The highest BCUT2D eigenvalue weighted by molar-refractivity contribution is 5.38. The molecular weight excluding hydrogens is 252 g/mol. The van der Waals surface area contributed by atoms with Crippen LogP contribution in [0.15, 0.2) is 24.3 Å². The summed E-state index contributed by atoms with van der Waals surface area (Å²) in [5, 5.41) is 0. The molecule has 1 aromatic carbocycles. The first-order valence-electron chi connectivity index (χ1n) is 7.10. The van der Waals surface area contributed by atoms with E-state index in [0.717, 1.165) is 50.6 Å². The smallest absolute Gasteiger partial charge is 0.119 e. The molecule has 0 aromatic heterocycles. The summed E-state index contributed by atoms with van der Waals surface area (Å²) in [6.07, 6.45) is 1.11. The second kappa shape index (κ2) is 8.60. The molecule has 0 atom stereocenters. The molecule has 1 heterocycles. The van der Waals surface area contributed by atoms with E-state index in [1.165, 1.54) is 0 Å². The van der Waals surface area contributed by atoms with Crippen LogP contribution in [0.2, 0.25) is 0 Å². The molecule has 4 heteroatoms. The van der Waals surface area contributed by atoms with Gasteiger partial charge in [-0.3, -0.25) is 4.90 Å². The van der Waals surface area contributed by atoms with Crippen LogP contribution >= 0.6 is 0 Å². The van der Waals surface area contributed by atoms with Crippen LogP contribution in [0.4, 0.5) is 0 Å². The Labute approximate surface area is 120 Å². The van der Waals surface area contributed by atoms with Gasteiger partial charge in [0.25, 0.3) is 0 Å². The van der Waals surface area contributed by atoms with Crippen LogP contribution < -0.4 is 10.5 Å². The first-order valence-corrected chi connectivity index (χ1v) is 7.10. The van der Waals surface area contributed by atoms with Gasteiger partial charge in [-0.05, 0) is 30.7 Å². The molecule has 0 unspecified atom stereocenters. The third-order valence-electron chi connectivity index (χ3n) is 3.18. The van der Waals surface area contributed by atoms with E-state index >= 15 is 0 Å². The molecule has 0 amide bonds. The molecule has 1 aliphatic rings. The number of hydrogen-bond acceptors (Lipinski definition) is 4. The SMILES string of the molecule is NCC#Cc1ccc(OCCN2CCCOCC2)cc1. The molecule has 108 valence electrons. The van der Waals surface area contributed by atoms with Gasteiger partial charge in [0.2, 0.25) is 0 Å². The number of rotatable bonds is 4. The maximum absolute atomic E-state index is 5.75. The first-order chi connectivity index (χ1) is 9.88. The minimum absolute atomic E-state index is 0.387. The Morgan fingerprint density at radius 1 is 1.20 bits per heavy atom. The van der Waals surface area contributed by atoms with E-state index in [2.05, 4.69) is 16.7 Å². The second-order valence-corrected chi connectivity index (χ2v) is 4.69. The molecule has 1 saturated heterocycles. The highest BCUT2D eigenvalue weighted by atomic mass is 16.5. The monoisotopic (exact) mass is 274 g/mol. The lowest BCUT2D eigenvalue weighted by Crippen LogP contribution is -2.30. The maximum Gasteiger partial charge on any atom is 0.119 e. The molecule has 0 spiro atoms. The van der Waals surface area contributed by atoms with Crippen LogP contribution in [0.5, 0.6) is 5.75 Å². The summed E-state index contributed by atoms with van der Waals surface area (Å²) in [4.78, 5) is 2.38. The molecule has 1 aromatic rings. The van der Waals surface area contributed by atoms with Gasteiger partial charge in [-0.2, -0.15) is 0 Å². The van der Waals surface area contributed by atoms with Gasteiger partial charge in [-0.25, -0.2) is 0 Å². The number of ether oxygens (including phenoxy) is 2. The molecule has 1 fully saturated rings. The summed E-state index contributed by atoms with van der Waals surface area (Å²) in [6, 6.07) is 7.81. The van der Waals surface area contributed by atoms with E-state index in [1.807, 2.05) is 24.3 Å². The van der Waals surface area contributed by atoms with Crippen molar-refractivity contribution in [2.75, 3.05) is 46.0 Å². The Morgan fingerprint density at radius 3 is 2.85 bits per heavy atom. The van der Waals surface area contributed by atoms with Gasteiger partial charge < -0.3 is 15.2 Å². The number of hydrogen-bond donors (Lipinski definition) is 1. The molecule has 20 heavy (non-hydrogen) atoms. The Balaban J connectivity index is 1.73. The molecule has 0 bridgehead atoms. The van der Waals surface area contributed by atoms with Crippen LogP contribution in [-0.4, -0.2) is 50.9 Å². The lowest BCUT2D eigenvalue weighted by molar-refractivity contribution is 0.137. The minimum atomic E-state index is 0.387. The maximum atomic E-state index is 5.75. The summed E-state index contributed by atoms with van der Waals surface area (Å²) in [7, 11) is 0. The normalized spacial score (nSPS) is 16.1. The highest BCUT2D eigenvalue weighted by Gasteiger charge is 2.08. The Kier molecular flexibility index (Phi) is 6.39. The van der Waals surface area contributed by atoms with E-state index in [0.29, 0.717) is 13.2 Å². The Morgan fingerprint density at radius 2 is 2.05 bits per heavy atom. The van der Waals surface area contributed by atoms with Crippen molar-refractivity contribution in [1.29, 1.82) is 0 Å². The summed E-state index contributed by atoms with van der Waals surface area (Å²) in [5.74, 6) is 6.71. The minimum Gasteiger partial charge on any atom is -0.492 e. The van der Waals surface area contributed by atoms with Crippen molar-refractivity contribution in [3.63, 3.8) is 0 Å². The first kappa shape index (κ1) is 14.9. The molecule has 2 rings (SSSR count). The predicted octanol–water partition coefficient (Wildman–Crippen LogP) is 1.10. The van der Waals surface area contributed by atoms with Crippen molar-refractivity contribution in [3.05, 3.63) is 29.8 Å². The second-order valence-electron chi connectivity index (χ2n) is 4.69. The number of nitrogens with two attached hydrogens (primary N) is 1. The highest BCUT2D eigenvalue weighted by Crippen LogP contribution is 2.11. The van der Waals surface area contributed by atoms with Gasteiger partial charge >= 0.3 is 0 Å². The predicted molar refractivity (Wildman–Crippen MR) is 79.7 cm³/mol. The van der Waals surface area contributed by atoms with Crippen molar-refractivity contribution < 1.29 is 9.47 Å². The molecule has 1 aliphatic heterocycles. The number of benzene rings is 1. The Hall–Kier alpha value is -1.54. The zero-order chi connectivity index (χ0) is 14.0. The van der Waals surface area contributed by atoms with Crippen LogP contribution in [0.1, 0.15) is 12.0 Å². The number of nitrogens with zero attached hydrogens (tertiary/aromatic N) is 1. The quantitative estimate of drug-likeness (QED) is 0.835.